The number of imide groups is 1. The summed E-state index contributed by atoms with van der Waals surface area (Å²) >= 11 is 1.09. The summed E-state index contributed by atoms with van der Waals surface area (Å²) in [5, 5.41) is 5.72. The van der Waals surface area contributed by atoms with E-state index in [1.165, 1.54) is 43.2 Å². The molecule has 1 aliphatic heterocycles. The third-order valence-corrected chi connectivity index (χ3v) is 7.37. The van der Waals surface area contributed by atoms with Crippen molar-refractivity contribution >= 4 is 22.9 Å². The minimum absolute atomic E-state index is 0.106. The Morgan fingerprint density at radius 1 is 1.00 bits per heavy atom. The molecule has 2 unspecified atom stereocenters. The van der Waals surface area contributed by atoms with Crippen LogP contribution in [0.1, 0.15) is 61.8 Å². The van der Waals surface area contributed by atoms with Crippen LogP contribution in [0.2, 0.25) is 0 Å². The lowest BCUT2D eigenvalue weighted by atomic mass is 9.83. The van der Waals surface area contributed by atoms with Gasteiger partial charge in [0.15, 0.2) is 0 Å². The van der Waals surface area contributed by atoms with Gasteiger partial charge in [0.2, 0.25) is 5.91 Å². The topological polar surface area (TPSA) is 58.2 Å². The average Bonchev–Trinajstić information content (AvgIpc) is 3.09. The van der Waals surface area contributed by atoms with Crippen molar-refractivity contribution in [3.63, 3.8) is 0 Å². The van der Waals surface area contributed by atoms with Gasteiger partial charge in [0, 0.05) is 6.04 Å². The number of benzene rings is 2. The quantitative estimate of drug-likeness (QED) is 0.642. The van der Waals surface area contributed by atoms with Crippen LogP contribution in [0.25, 0.3) is 0 Å². The third-order valence-electron chi connectivity index (χ3n) is 6.39. The second-order valence-electron chi connectivity index (χ2n) is 8.53. The first-order chi connectivity index (χ1) is 14.6. The van der Waals surface area contributed by atoms with Crippen LogP contribution in [0.3, 0.4) is 0 Å². The number of rotatable bonds is 7. The molecule has 2 aromatic carbocycles. The summed E-state index contributed by atoms with van der Waals surface area (Å²) in [5.74, 6) is 0.539. The Morgan fingerprint density at radius 2 is 1.73 bits per heavy atom. The highest BCUT2D eigenvalue weighted by Crippen LogP contribution is 2.31. The summed E-state index contributed by atoms with van der Waals surface area (Å²) in [7, 11) is 0. The molecule has 3 atom stereocenters. The number of carbonyl (C=O) groups is 2. The van der Waals surface area contributed by atoms with Crippen molar-refractivity contribution in [2.45, 2.75) is 62.8 Å². The van der Waals surface area contributed by atoms with Gasteiger partial charge in [-0.3, -0.25) is 14.9 Å². The van der Waals surface area contributed by atoms with E-state index in [9.17, 15) is 9.59 Å². The lowest BCUT2D eigenvalue weighted by Crippen LogP contribution is -2.37. The molecule has 2 fully saturated rings. The van der Waals surface area contributed by atoms with Crippen LogP contribution in [-0.4, -0.2) is 22.4 Å². The maximum atomic E-state index is 12.0. The Balaban J connectivity index is 1.56. The molecule has 1 aliphatic carbocycles. The number of nitrogens with one attached hydrogen (secondary N) is 2. The van der Waals surface area contributed by atoms with Gasteiger partial charge in [-0.2, -0.15) is 0 Å². The maximum absolute atomic E-state index is 12.0. The normalized spacial score (nSPS) is 22.0. The van der Waals surface area contributed by atoms with E-state index in [1.807, 2.05) is 6.07 Å². The molecule has 2 aliphatic rings. The molecule has 0 bridgehead atoms. The molecule has 4 rings (SSSR count). The number of hydrogen-bond donors (Lipinski definition) is 2. The molecular weight excluding hydrogens is 392 g/mol. The Bertz CT molecular complexity index is 880. The van der Waals surface area contributed by atoms with Gasteiger partial charge in [-0.05, 0) is 48.8 Å². The molecule has 1 saturated heterocycles. The zero-order valence-corrected chi connectivity index (χ0v) is 18.3. The van der Waals surface area contributed by atoms with E-state index >= 15 is 0 Å². The predicted octanol–water partition coefficient (Wildman–Crippen LogP) is 5.23. The molecule has 2 amide bonds. The highest BCUT2D eigenvalue weighted by atomic mass is 32.2. The van der Waals surface area contributed by atoms with Gasteiger partial charge >= 0.3 is 0 Å². The Morgan fingerprint density at radius 3 is 2.43 bits per heavy atom. The van der Waals surface area contributed by atoms with Crippen molar-refractivity contribution in [3.05, 3.63) is 71.3 Å². The minimum atomic E-state index is -0.336. The fourth-order valence-corrected chi connectivity index (χ4v) is 5.56. The molecular formula is C25H30N2O2S. The van der Waals surface area contributed by atoms with E-state index in [4.69, 9.17) is 0 Å². The highest BCUT2D eigenvalue weighted by molar-refractivity contribution is 8.15. The van der Waals surface area contributed by atoms with E-state index in [1.54, 1.807) is 0 Å². The van der Waals surface area contributed by atoms with Gasteiger partial charge in [0.05, 0.1) is 11.3 Å². The van der Waals surface area contributed by atoms with Gasteiger partial charge < -0.3 is 5.32 Å². The number of carbonyl (C=O) groups excluding carboxylic acids is 2. The van der Waals surface area contributed by atoms with E-state index < -0.39 is 0 Å². The number of hydrogen-bond acceptors (Lipinski definition) is 4. The first kappa shape index (κ1) is 21.1. The molecule has 0 radical (unpaired) electrons. The monoisotopic (exact) mass is 422 g/mol. The molecule has 0 aromatic heterocycles. The van der Waals surface area contributed by atoms with Crippen LogP contribution >= 0.6 is 11.8 Å². The molecule has 1 heterocycles. The third kappa shape index (κ3) is 5.13. The second kappa shape index (κ2) is 9.80. The molecule has 2 aromatic rings. The zero-order valence-electron chi connectivity index (χ0n) is 17.5. The summed E-state index contributed by atoms with van der Waals surface area (Å²) < 4.78 is 0. The molecule has 2 N–H and O–H groups in total. The molecule has 4 nitrogen and oxygen atoms in total. The molecule has 5 heteroatoms. The van der Waals surface area contributed by atoms with E-state index in [0.29, 0.717) is 12.5 Å². The van der Waals surface area contributed by atoms with Crippen molar-refractivity contribution in [3.8, 4) is 0 Å². The summed E-state index contributed by atoms with van der Waals surface area (Å²) in [4.78, 5) is 23.5. The van der Waals surface area contributed by atoms with Crippen molar-refractivity contribution in [2.75, 3.05) is 0 Å². The standard InChI is InChI=1S/C25H30N2O2S/c1-17(19-10-4-2-5-11-19)26-23(20-12-6-3-7-13-20)21-14-8-9-18(15-21)16-22-24(28)27-25(29)30-22/h3,6-9,12-15,17,19,22-23,26H,2,4-5,10-11,16H2,1H3,(H,27,28,29)/t17-,22?,23?/m1/s1. The molecule has 30 heavy (non-hydrogen) atoms. The maximum Gasteiger partial charge on any atom is 0.286 e. The molecule has 1 saturated carbocycles. The van der Waals surface area contributed by atoms with Crippen LogP contribution in [-0.2, 0) is 11.2 Å². The van der Waals surface area contributed by atoms with Crippen LogP contribution in [0.15, 0.2) is 54.6 Å². The van der Waals surface area contributed by atoms with Crippen molar-refractivity contribution in [1.29, 1.82) is 0 Å². The summed E-state index contributed by atoms with van der Waals surface area (Å²) in [6.45, 7) is 2.32. The van der Waals surface area contributed by atoms with Crippen LogP contribution < -0.4 is 10.6 Å². The van der Waals surface area contributed by atoms with Gasteiger partial charge in [0.25, 0.3) is 5.24 Å². The van der Waals surface area contributed by atoms with Crippen LogP contribution in [0, 0.1) is 5.92 Å². The lowest BCUT2D eigenvalue weighted by Gasteiger charge is -2.32. The van der Waals surface area contributed by atoms with E-state index in [-0.39, 0.29) is 22.4 Å². The van der Waals surface area contributed by atoms with Crippen molar-refractivity contribution < 1.29 is 9.59 Å². The van der Waals surface area contributed by atoms with Crippen LogP contribution in [0.5, 0.6) is 0 Å². The SMILES string of the molecule is C[C@@H](NC(c1ccccc1)c1cccc(CC2SC(=O)NC2=O)c1)C1CCCCC1. The van der Waals surface area contributed by atoms with Gasteiger partial charge in [-0.25, -0.2) is 0 Å². The Hall–Kier alpha value is -2.11. The van der Waals surface area contributed by atoms with Gasteiger partial charge in [-0.1, -0.05) is 85.6 Å². The van der Waals surface area contributed by atoms with Crippen molar-refractivity contribution in [2.24, 2.45) is 5.92 Å². The van der Waals surface area contributed by atoms with Gasteiger partial charge in [-0.15, -0.1) is 0 Å². The Labute approximate surface area is 183 Å². The van der Waals surface area contributed by atoms with Gasteiger partial charge in [0.1, 0.15) is 0 Å². The summed E-state index contributed by atoms with van der Waals surface area (Å²) in [6.07, 6.45) is 7.21. The van der Waals surface area contributed by atoms with E-state index in [0.717, 1.165) is 23.2 Å². The lowest BCUT2D eigenvalue weighted by molar-refractivity contribution is -0.118. The summed E-state index contributed by atoms with van der Waals surface area (Å²) in [6, 6.07) is 19.6. The zero-order chi connectivity index (χ0) is 20.9. The predicted molar refractivity (Wildman–Crippen MR) is 123 cm³/mol. The highest BCUT2D eigenvalue weighted by Gasteiger charge is 2.31. The first-order valence-electron chi connectivity index (χ1n) is 11.0. The first-order valence-corrected chi connectivity index (χ1v) is 11.9. The smallest absolute Gasteiger partial charge is 0.286 e. The minimum Gasteiger partial charge on any atom is -0.303 e. The van der Waals surface area contributed by atoms with Crippen molar-refractivity contribution in [1.82, 2.24) is 10.6 Å². The largest absolute Gasteiger partial charge is 0.303 e. The van der Waals surface area contributed by atoms with E-state index in [2.05, 4.69) is 66.1 Å². The fourth-order valence-electron chi connectivity index (χ4n) is 4.70. The van der Waals surface area contributed by atoms with Crippen LogP contribution in [0.4, 0.5) is 4.79 Å². The number of amides is 2. The summed E-state index contributed by atoms with van der Waals surface area (Å²) in [5.41, 5.74) is 3.54. The molecule has 158 valence electrons. The second-order valence-corrected chi connectivity index (χ2v) is 9.71. The Kier molecular flexibility index (Phi) is 6.90. The average molecular weight is 423 g/mol. The number of thioether (sulfide) groups is 1. The fraction of sp³-hybridized carbons (Fsp3) is 0.440. The molecule has 0 spiro atoms.